The van der Waals surface area contributed by atoms with Gasteiger partial charge in [0, 0.05) is 17.4 Å². The third-order valence-electron chi connectivity index (χ3n) is 6.21. The molecule has 0 fully saturated rings. The molecule has 0 aromatic heterocycles. The van der Waals surface area contributed by atoms with Crippen LogP contribution in [0.25, 0.3) is 0 Å². The molecule has 6 heteroatoms. The van der Waals surface area contributed by atoms with Crippen molar-refractivity contribution < 1.29 is 29.2 Å². The summed E-state index contributed by atoms with van der Waals surface area (Å²) in [5.74, 6) is 1.34. The van der Waals surface area contributed by atoms with Gasteiger partial charge in [0.1, 0.15) is 30.3 Å². The highest BCUT2D eigenvalue weighted by molar-refractivity contribution is 5.86. The van der Waals surface area contributed by atoms with Crippen LogP contribution in [0.4, 0.5) is 0 Å². The van der Waals surface area contributed by atoms with E-state index in [2.05, 4.69) is 46.4 Å². The fourth-order valence-corrected chi connectivity index (χ4v) is 4.16. The van der Waals surface area contributed by atoms with Gasteiger partial charge < -0.3 is 24.4 Å². The topological polar surface area (TPSA) is 85.2 Å². The predicted molar refractivity (Wildman–Crippen MR) is 147 cm³/mol. The van der Waals surface area contributed by atoms with Gasteiger partial charge in [-0.3, -0.25) is 0 Å². The first-order valence-corrected chi connectivity index (χ1v) is 12.9. The van der Waals surface area contributed by atoms with Crippen molar-refractivity contribution in [1.29, 1.82) is 0 Å². The molecule has 2 atom stereocenters. The first kappa shape index (κ1) is 30.4. The van der Waals surface area contributed by atoms with Crippen LogP contribution in [0.5, 0.6) is 11.5 Å². The molecule has 0 saturated carbocycles. The van der Waals surface area contributed by atoms with Crippen LogP contribution >= 0.6 is 0 Å². The van der Waals surface area contributed by atoms with Crippen LogP contribution in [0, 0.1) is 5.92 Å². The molecule has 204 valence electrons. The Morgan fingerprint density at radius 2 is 1.38 bits per heavy atom. The number of hydrogen-bond donors (Lipinski definition) is 2. The van der Waals surface area contributed by atoms with Crippen molar-refractivity contribution in [3.8, 4) is 11.5 Å². The van der Waals surface area contributed by atoms with Crippen LogP contribution in [-0.4, -0.2) is 47.2 Å². The molecular weight excluding hydrogens is 468 g/mol. The molecule has 37 heavy (non-hydrogen) atoms. The van der Waals surface area contributed by atoms with Gasteiger partial charge in [-0.25, -0.2) is 4.79 Å². The van der Waals surface area contributed by atoms with Gasteiger partial charge in [0.15, 0.2) is 0 Å². The number of esters is 1. The van der Waals surface area contributed by atoms with E-state index in [4.69, 9.17) is 14.2 Å². The third-order valence-corrected chi connectivity index (χ3v) is 6.21. The number of ether oxygens (including phenoxy) is 3. The fraction of sp³-hybridized carbons (Fsp3) is 0.516. The highest BCUT2D eigenvalue weighted by atomic mass is 16.5. The molecule has 2 unspecified atom stereocenters. The number of aliphatic hydroxyl groups is 2. The van der Waals surface area contributed by atoms with Crippen molar-refractivity contribution in [2.45, 2.75) is 84.5 Å². The quantitative estimate of drug-likeness (QED) is 0.245. The van der Waals surface area contributed by atoms with Gasteiger partial charge in [0.05, 0.1) is 12.2 Å². The molecule has 0 aliphatic carbocycles. The maximum atomic E-state index is 11.5. The summed E-state index contributed by atoms with van der Waals surface area (Å²) in [7, 11) is 0. The lowest BCUT2D eigenvalue weighted by atomic mass is 9.78. The van der Waals surface area contributed by atoms with E-state index in [-0.39, 0.29) is 18.6 Å². The van der Waals surface area contributed by atoms with Gasteiger partial charge in [-0.2, -0.15) is 0 Å². The Kier molecular flexibility index (Phi) is 10.8. The largest absolute Gasteiger partial charge is 0.491 e. The maximum Gasteiger partial charge on any atom is 0.333 e. The molecule has 0 saturated heterocycles. The summed E-state index contributed by atoms with van der Waals surface area (Å²) in [6, 6.07) is 15.9. The molecule has 0 bridgehead atoms. The van der Waals surface area contributed by atoms with Crippen molar-refractivity contribution in [3.63, 3.8) is 0 Å². The summed E-state index contributed by atoms with van der Waals surface area (Å²) >= 11 is 0. The third kappa shape index (κ3) is 9.86. The maximum absolute atomic E-state index is 11.5. The summed E-state index contributed by atoms with van der Waals surface area (Å²) in [4.78, 5) is 11.5. The van der Waals surface area contributed by atoms with Crippen LogP contribution in [0.2, 0.25) is 0 Å². The molecule has 2 aromatic carbocycles. The Labute approximate surface area is 222 Å². The van der Waals surface area contributed by atoms with E-state index in [0.29, 0.717) is 30.1 Å². The number of benzene rings is 2. The number of carbonyl (C=O) groups is 1. The molecule has 0 spiro atoms. The molecule has 0 heterocycles. The highest BCUT2D eigenvalue weighted by Gasteiger charge is 2.27. The Morgan fingerprint density at radius 1 is 0.865 bits per heavy atom. The second kappa shape index (κ2) is 13.1. The second-order valence-electron chi connectivity index (χ2n) is 11.4. The van der Waals surface area contributed by atoms with Crippen molar-refractivity contribution >= 4 is 5.97 Å². The zero-order valence-corrected chi connectivity index (χ0v) is 23.4. The van der Waals surface area contributed by atoms with Crippen LogP contribution < -0.4 is 9.47 Å². The minimum absolute atomic E-state index is 0.103. The Bertz CT molecular complexity index is 1000. The van der Waals surface area contributed by atoms with Crippen molar-refractivity contribution in [2.75, 3.05) is 13.2 Å². The van der Waals surface area contributed by atoms with E-state index < -0.39 is 23.8 Å². The van der Waals surface area contributed by atoms with E-state index in [1.807, 2.05) is 50.2 Å². The van der Waals surface area contributed by atoms with Crippen molar-refractivity contribution in [2.24, 2.45) is 5.92 Å². The number of carbonyl (C=O) groups excluding carboxylic acids is 1. The number of rotatable bonds is 14. The van der Waals surface area contributed by atoms with Gasteiger partial charge in [-0.05, 0) is 68.5 Å². The lowest BCUT2D eigenvalue weighted by molar-refractivity contribution is -0.142. The Balaban J connectivity index is 1.97. The standard InChI is InChI=1S/C31H44O6/c1-21(2)17-25(32)19-35-27-13-9-23(10-14-27)31(7,8)24-11-15-28(16-12-24)37-30(5,6)18-26(33)20-36-29(34)22(3)4/h9-16,21,25-26,32-33H,3,17-20H2,1-2,4-8H3. The highest BCUT2D eigenvalue weighted by Crippen LogP contribution is 2.34. The van der Waals surface area contributed by atoms with Gasteiger partial charge in [-0.1, -0.05) is 58.5 Å². The van der Waals surface area contributed by atoms with Crippen LogP contribution in [-0.2, 0) is 14.9 Å². The molecule has 0 amide bonds. The van der Waals surface area contributed by atoms with E-state index in [0.717, 1.165) is 16.9 Å². The van der Waals surface area contributed by atoms with Crippen molar-refractivity contribution in [1.82, 2.24) is 0 Å². The van der Waals surface area contributed by atoms with Crippen LogP contribution in [0.15, 0.2) is 60.7 Å². The molecular formula is C31H44O6. The lowest BCUT2D eigenvalue weighted by Crippen LogP contribution is -2.35. The van der Waals surface area contributed by atoms with Crippen LogP contribution in [0.3, 0.4) is 0 Å². The van der Waals surface area contributed by atoms with Gasteiger partial charge in [0.25, 0.3) is 0 Å². The Morgan fingerprint density at radius 3 is 1.86 bits per heavy atom. The molecule has 6 nitrogen and oxygen atoms in total. The molecule has 2 N–H and O–H groups in total. The first-order chi connectivity index (χ1) is 17.2. The van der Waals surface area contributed by atoms with Gasteiger partial charge in [-0.15, -0.1) is 0 Å². The summed E-state index contributed by atoms with van der Waals surface area (Å²) in [6.07, 6.45) is -0.300. The van der Waals surface area contributed by atoms with Gasteiger partial charge in [0.2, 0.25) is 0 Å². The average Bonchev–Trinajstić information content (AvgIpc) is 2.80. The summed E-state index contributed by atoms with van der Waals surface area (Å²) < 4.78 is 16.9. The van der Waals surface area contributed by atoms with Crippen molar-refractivity contribution in [3.05, 3.63) is 71.8 Å². The molecule has 0 aliphatic rings. The predicted octanol–water partition coefficient (Wildman–Crippen LogP) is 5.83. The number of hydrogen-bond acceptors (Lipinski definition) is 6. The summed E-state index contributed by atoms with van der Waals surface area (Å²) in [5, 5.41) is 20.3. The SMILES string of the molecule is C=C(C)C(=O)OCC(O)CC(C)(C)Oc1ccc(C(C)(C)c2ccc(OCC(O)CC(C)C)cc2)cc1. The summed E-state index contributed by atoms with van der Waals surface area (Å²) in [5.41, 5.74) is 1.67. The zero-order valence-electron chi connectivity index (χ0n) is 23.4. The lowest BCUT2D eigenvalue weighted by Gasteiger charge is -2.30. The molecule has 0 aliphatic heterocycles. The minimum Gasteiger partial charge on any atom is -0.491 e. The molecule has 0 radical (unpaired) electrons. The summed E-state index contributed by atoms with van der Waals surface area (Å²) in [6.45, 7) is 17.6. The molecule has 2 aromatic rings. The Hall–Kier alpha value is -2.83. The van der Waals surface area contributed by atoms with Crippen LogP contribution in [0.1, 0.15) is 72.4 Å². The molecule has 2 rings (SSSR count). The zero-order chi connectivity index (χ0) is 27.8. The van der Waals surface area contributed by atoms with Gasteiger partial charge >= 0.3 is 5.97 Å². The van der Waals surface area contributed by atoms with E-state index in [9.17, 15) is 15.0 Å². The minimum atomic E-state index is -0.845. The first-order valence-electron chi connectivity index (χ1n) is 12.9. The smallest absolute Gasteiger partial charge is 0.333 e. The normalized spacial score (nSPS) is 13.7. The number of aliphatic hydroxyl groups excluding tert-OH is 2. The monoisotopic (exact) mass is 512 g/mol. The fourth-order valence-electron chi connectivity index (χ4n) is 4.16. The van der Waals surface area contributed by atoms with E-state index in [1.165, 1.54) is 0 Å². The average molecular weight is 513 g/mol. The second-order valence-corrected chi connectivity index (χ2v) is 11.4. The van der Waals surface area contributed by atoms with E-state index in [1.54, 1.807) is 6.92 Å². The van der Waals surface area contributed by atoms with E-state index >= 15 is 0 Å².